The molecule has 0 bridgehead atoms. The Morgan fingerprint density at radius 1 is 1.14 bits per heavy atom. The van der Waals surface area contributed by atoms with Crippen LogP contribution in [0.5, 0.6) is 0 Å². The Labute approximate surface area is 166 Å². The highest BCUT2D eigenvalue weighted by atomic mass is 32.2. The lowest BCUT2D eigenvalue weighted by Gasteiger charge is -2.32. The summed E-state index contributed by atoms with van der Waals surface area (Å²) in [5.41, 5.74) is 6.97. The summed E-state index contributed by atoms with van der Waals surface area (Å²) in [5, 5.41) is 11.4. The van der Waals surface area contributed by atoms with Crippen molar-refractivity contribution >= 4 is 23.4 Å². The van der Waals surface area contributed by atoms with Crippen molar-refractivity contribution in [2.45, 2.75) is 37.2 Å². The Kier molecular flexibility index (Phi) is 4.80. The first-order valence-electron chi connectivity index (χ1n) is 8.91. The van der Waals surface area contributed by atoms with E-state index < -0.39 is 5.25 Å². The third-order valence-electron chi connectivity index (χ3n) is 4.74. The van der Waals surface area contributed by atoms with Crippen LogP contribution in [-0.2, 0) is 4.79 Å². The van der Waals surface area contributed by atoms with Crippen molar-refractivity contribution in [2.24, 2.45) is 0 Å². The maximum absolute atomic E-state index is 13.4. The Hall–Kier alpha value is -2.87. The SMILES string of the molecule is Cc1ccc(C)c(NC(=O)C2Sc3nnc(C)n3NC2c2ccc(F)cc2)c1. The number of halogens is 1. The van der Waals surface area contributed by atoms with Crippen LogP contribution in [-0.4, -0.2) is 26.0 Å². The zero-order valence-electron chi connectivity index (χ0n) is 15.7. The summed E-state index contributed by atoms with van der Waals surface area (Å²) in [6.07, 6.45) is 0. The van der Waals surface area contributed by atoms with Gasteiger partial charge in [0.15, 0.2) is 0 Å². The number of benzene rings is 2. The van der Waals surface area contributed by atoms with Crippen molar-refractivity contribution < 1.29 is 9.18 Å². The first-order valence-corrected chi connectivity index (χ1v) is 9.79. The maximum atomic E-state index is 13.4. The van der Waals surface area contributed by atoms with Crippen molar-refractivity contribution in [3.05, 3.63) is 70.8 Å². The Morgan fingerprint density at radius 2 is 1.89 bits per heavy atom. The molecule has 6 nitrogen and oxygen atoms in total. The number of nitrogens with zero attached hydrogens (tertiary/aromatic N) is 3. The molecule has 2 heterocycles. The highest BCUT2D eigenvalue weighted by Gasteiger charge is 2.37. The largest absolute Gasteiger partial charge is 0.325 e. The quantitative estimate of drug-likeness (QED) is 0.704. The zero-order valence-corrected chi connectivity index (χ0v) is 16.5. The maximum Gasteiger partial charge on any atom is 0.240 e. The summed E-state index contributed by atoms with van der Waals surface area (Å²) in [6.45, 7) is 5.78. The van der Waals surface area contributed by atoms with E-state index in [1.165, 1.54) is 23.9 Å². The summed E-state index contributed by atoms with van der Waals surface area (Å²) in [7, 11) is 0. The third-order valence-corrected chi connectivity index (χ3v) is 5.95. The van der Waals surface area contributed by atoms with E-state index in [2.05, 4.69) is 20.9 Å². The molecule has 144 valence electrons. The van der Waals surface area contributed by atoms with Crippen LogP contribution in [0.15, 0.2) is 47.6 Å². The monoisotopic (exact) mass is 397 g/mol. The van der Waals surface area contributed by atoms with E-state index in [0.29, 0.717) is 11.0 Å². The van der Waals surface area contributed by atoms with Crippen LogP contribution in [0, 0.1) is 26.6 Å². The van der Waals surface area contributed by atoms with E-state index in [9.17, 15) is 9.18 Å². The molecule has 1 amide bonds. The molecule has 1 aromatic heterocycles. The summed E-state index contributed by atoms with van der Waals surface area (Å²) < 4.78 is 15.2. The van der Waals surface area contributed by atoms with Gasteiger partial charge >= 0.3 is 0 Å². The van der Waals surface area contributed by atoms with Gasteiger partial charge in [-0.3, -0.25) is 4.79 Å². The number of carbonyl (C=O) groups is 1. The number of anilines is 1. The fourth-order valence-electron chi connectivity index (χ4n) is 3.16. The van der Waals surface area contributed by atoms with E-state index in [1.54, 1.807) is 16.8 Å². The Morgan fingerprint density at radius 3 is 2.64 bits per heavy atom. The van der Waals surface area contributed by atoms with Crippen LogP contribution in [0.3, 0.4) is 0 Å². The number of hydrogen-bond acceptors (Lipinski definition) is 5. The molecule has 2 N–H and O–H groups in total. The average molecular weight is 397 g/mol. The van der Waals surface area contributed by atoms with Gasteiger partial charge < -0.3 is 10.7 Å². The van der Waals surface area contributed by atoms with Crippen molar-refractivity contribution in [1.29, 1.82) is 0 Å². The number of nitrogens with one attached hydrogen (secondary N) is 2. The Balaban J connectivity index is 1.68. The van der Waals surface area contributed by atoms with Gasteiger partial charge in [-0.05, 0) is 55.7 Å². The van der Waals surface area contributed by atoms with Crippen molar-refractivity contribution in [3.8, 4) is 0 Å². The van der Waals surface area contributed by atoms with E-state index >= 15 is 0 Å². The van der Waals surface area contributed by atoms with Gasteiger partial charge in [0.05, 0.1) is 6.04 Å². The molecule has 2 unspecified atom stereocenters. The lowest BCUT2D eigenvalue weighted by atomic mass is 10.0. The van der Waals surface area contributed by atoms with Gasteiger partial charge in [-0.2, -0.15) is 0 Å². The number of thioether (sulfide) groups is 1. The predicted octanol–water partition coefficient (Wildman–Crippen LogP) is 3.74. The lowest BCUT2D eigenvalue weighted by molar-refractivity contribution is -0.116. The van der Waals surface area contributed by atoms with Gasteiger partial charge in [0, 0.05) is 5.69 Å². The Bertz CT molecular complexity index is 1030. The molecule has 2 aromatic carbocycles. The summed E-state index contributed by atoms with van der Waals surface area (Å²) >= 11 is 1.34. The van der Waals surface area contributed by atoms with Crippen LogP contribution in [0.25, 0.3) is 0 Å². The standard InChI is InChI=1S/C20H20FN5OS/c1-11-4-5-12(2)16(10-11)22-19(27)18-17(14-6-8-15(21)9-7-14)25-26-13(3)23-24-20(26)28-18/h4-10,17-18,25H,1-3H3,(H,22,27). The second kappa shape index (κ2) is 7.27. The lowest BCUT2D eigenvalue weighted by Crippen LogP contribution is -2.41. The molecule has 28 heavy (non-hydrogen) atoms. The van der Waals surface area contributed by atoms with Gasteiger partial charge in [-0.1, -0.05) is 36.0 Å². The van der Waals surface area contributed by atoms with Crippen molar-refractivity contribution in [1.82, 2.24) is 14.9 Å². The number of hydrogen-bond donors (Lipinski definition) is 2. The number of fused-ring (bicyclic) bond motifs is 1. The molecule has 3 aromatic rings. The number of carbonyl (C=O) groups excluding carboxylic acids is 1. The minimum Gasteiger partial charge on any atom is -0.325 e. The molecule has 1 aliphatic heterocycles. The van der Waals surface area contributed by atoms with Crippen molar-refractivity contribution in [2.75, 3.05) is 10.7 Å². The molecule has 0 saturated heterocycles. The van der Waals surface area contributed by atoms with E-state index in [-0.39, 0.29) is 17.8 Å². The van der Waals surface area contributed by atoms with Crippen LogP contribution >= 0.6 is 11.8 Å². The number of aromatic nitrogens is 3. The van der Waals surface area contributed by atoms with Gasteiger partial charge in [0.25, 0.3) is 0 Å². The number of rotatable bonds is 3. The van der Waals surface area contributed by atoms with E-state index in [4.69, 9.17) is 0 Å². The van der Waals surface area contributed by atoms with Gasteiger partial charge in [0.1, 0.15) is 16.9 Å². The van der Waals surface area contributed by atoms with Crippen molar-refractivity contribution in [3.63, 3.8) is 0 Å². The molecule has 2 atom stereocenters. The summed E-state index contributed by atoms with van der Waals surface area (Å²) in [5.74, 6) is 0.236. The highest BCUT2D eigenvalue weighted by Crippen LogP contribution is 2.37. The first-order chi connectivity index (χ1) is 13.4. The molecule has 4 rings (SSSR count). The van der Waals surface area contributed by atoms with Gasteiger partial charge in [-0.15, -0.1) is 10.2 Å². The van der Waals surface area contributed by atoms with E-state index in [1.807, 2.05) is 39.0 Å². The smallest absolute Gasteiger partial charge is 0.240 e. The minimum absolute atomic E-state index is 0.146. The topological polar surface area (TPSA) is 71.8 Å². The average Bonchev–Trinajstić information content (AvgIpc) is 3.04. The number of aryl methyl sites for hydroxylation is 3. The van der Waals surface area contributed by atoms with Crippen LogP contribution in [0.4, 0.5) is 10.1 Å². The van der Waals surface area contributed by atoms with Crippen LogP contribution in [0.1, 0.15) is 28.6 Å². The molecule has 0 saturated carbocycles. The highest BCUT2D eigenvalue weighted by molar-refractivity contribution is 8.00. The van der Waals surface area contributed by atoms with Crippen LogP contribution in [0.2, 0.25) is 0 Å². The van der Waals surface area contributed by atoms with E-state index in [0.717, 1.165) is 22.4 Å². The molecule has 0 radical (unpaired) electrons. The fraction of sp³-hybridized carbons (Fsp3) is 0.250. The zero-order chi connectivity index (χ0) is 19.8. The normalized spacial score (nSPS) is 18.3. The third kappa shape index (κ3) is 3.47. The van der Waals surface area contributed by atoms with Crippen LogP contribution < -0.4 is 10.7 Å². The predicted molar refractivity (Wildman–Crippen MR) is 107 cm³/mol. The molecule has 0 spiro atoms. The second-order valence-electron chi connectivity index (χ2n) is 6.87. The molecule has 1 aliphatic rings. The molecular weight excluding hydrogens is 377 g/mol. The molecular formula is C20H20FN5OS. The van der Waals surface area contributed by atoms with Gasteiger partial charge in [0.2, 0.25) is 11.1 Å². The molecule has 0 fully saturated rings. The molecule has 0 aliphatic carbocycles. The fourth-order valence-corrected chi connectivity index (χ4v) is 4.28. The molecule has 8 heteroatoms. The van der Waals surface area contributed by atoms with Gasteiger partial charge in [-0.25, -0.2) is 9.07 Å². The summed E-state index contributed by atoms with van der Waals surface area (Å²) in [4.78, 5) is 13.2. The second-order valence-corrected chi connectivity index (χ2v) is 7.98. The number of amides is 1. The summed E-state index contributed by atoms with van der Waals surface area (Å²) in [6, 6.07) is 11.8. The minimum atomic E-state index is -0.499. The first kappa shape index (κ1) is 18.5.